The molecule has 0 spiro atoms. The molecule has 1 fully saturated rings. The monoisotopic (exact) mass is 374 g/mol. The van der Waals surface area contributed by atoms with Gasteiger partial charge in [-0.3, -0.25) is 4.79 Å². The van der Waals surface area contributed by atoms with Crippen molar-refractivity contribution >= 4 is 17.5 Å². The zero-order chi connectivity index (χ0) is 18.1. The summed E-state index contributed by atoms with van der Waals surface area (Å²) >= 11 is 5.94. The summed E-state index contributed by atoms with van der Waals surface area (Å²) in [6.45, 7) is 1.41. The molecule has 4 rings (SSSR count). The maximum atomic E-state index is 13.0. The first-order chi connectivity index (χ1) is 12.7. The van der Waals surface area contributed by atoms with Crippen LogP contribution >= 0.6 is 11.6 Å². The van der Waals surface area contributed by atoms with Crippen molar-refractivity contribution in [2.24, 2.45) is 0 Å². The lowest BCUT2D eigenvalue weighted by molar-refractivity contribution is -0.133. The molecule has 7 heteroatoms. The predicted molar refractivity (Wildman–Crippen MR) is 98.1 cm³/mol. The zero-order valence-electron chi connectivity index (χ0n) is 14.9. The molecular weight excluding hydrogens is 352 g/mol. The van der Waals surface area contributed by atoms with Crippen LogP contribution in [0.3, 0.4) is 0 Å². The van der Waals surface area contributed by atoms with Gasteiger partial charge in [0.25, 0.3) is 0 Å². The Balaban J connectivity index is 1.51. The summed E-state index contributed by atoms with van der Waals surface area (Å²) in [6, 6.07) is 7.98. The third kappa shape index (κ3) is 3.35. The second kappa shape index (κ2) is 7.37. The molecule has 2 aliphatic rings. The molecular formula is C19H23ClN4O2. The Morgan fingerprint density at radius 2 is 2.00 bits per heavy atom. The van der Waals surface area contributed by atoms with Crippen LogP contribution in [0, 0.1) is 0 Å². The molecule has 1 saturated heterocycles. The van der Waals surface area contributed by atoms with Crippen molar-refractivity contribution in [3.63, 3.8) is 0 Å². The van der Waals surface area contributed by atoms with Gasteiger partial charge in [-0.15, -0.1) is 10.2 Å². The quantitative estimate of drug-likeness (QED) is 0.805. The van der Waals surface area contributed by atoms with E-state index in [1.54, 1.807) is 7.11 Å². The Hall–Kier alpha value is -1.92. The highest BCUT2D eigenvalue weighted by Crippen LogP contribution is 2.32. The van der Waals surface area contributed by atoms with Crippen molar-refractivity contribution in [3.8, 4) is 0 Å². The number of methoxy groups -OCH3 is 1. The summed E-state index contributed by atoms with van der Waals surface area (Å²) in [7, 11) is 1.69. The average Bonchev–Trinajstić information content (AvgIpc) is 3.14. The normalized spacial score (nSPS) is 21.5. The number of aromatic nitrogens is 3. The maximum Gasteiger partial charge on any atom is 0.227 e. The molecule has 0 N–H and O–H groups in total. The number of hydrogen-bond acceptors (Lipinski definition) is 4. The zero-order valence-corrected chi connectivity index (χ0v) is 15.7. The van der Waals surface area contributed by atoms with E-state index >= 15 is 0 Å². The largest absolute Gasteiger partial charge is 0.384 e. The summed E-state index contributed by atoms with van der Waals surface area (Å²) in [4.78, 5) is 15.1. The number of rotatable bonds is 5. The van der Waals surface area contributed by atoms with E-state index < -0.39 is 0 Å². The van der Waals surface area contributed by atoms with Crippen LogP contribution in [-0.4, -0.2) is 51.4 Å². The molecule has 0 aliphatic carbocycles. The lowest BCUT2D eigenvalue weighted by Crippen LogP contribution is -2.43. The van der Waals surface area contributed by atoms with Gasteiger partial charge in [0.1, 0.15) is 11.6 Å². The minimum absolute atomic E-state index is 0.192. The Kier molecular flexibility index (Phi) is 4.96. The van der Waals surface area contributed by atoms with E-state index in [-0.39, 0.29) is 18.0 Å². The third-order valence-electron chi connectivity index (χ3n) is 5.42. The van der Waals surface area contributed by atoms with E-state index in [0.29, 0.717) is 18.1 Å². The van der Waals surface area contributed by atoms with Gasteiger partial charge in [0, 0.05) is 37.6 Å². The summed E-state index contributed by atoms with van der Waals surface area (Å²) in [6.07, 6.45) is 4.03. The third-order valence-corrected chi connectivity index (χ3v) is 5.67. The van der Waals surface area contributed by atoms with E-state index in [9.17, 15) is 4.79 Å². The second-order valence-corrected chi connectivity index (χ2v) is 7.52. The van der Waals surface area contributed by atoms with Crippen LogP contribution in [0.5, 0.6) is 0 Å². The summed E-state index contributed by atoms with van der Waals surface area (Å²) in [5.74, 6) is 2.14. The first kappa shape index (κ1) is 17.5. The van der Waals surface area contributed by atoms with Crippen molar-refractivity contribution in [1.82, 2.24) is 19.7 Å². The molecule has 2 aromatic rings. The molecule has 26 heavy (non-hydrogen) atoms. The van der Waals surface area contributed by atoms with Gasteiger partial charge in [0.05, 0.1) is 19.1 Å². The van der Waals surface area contributed by atoms with Crippen LogP contribution in [0.15, 0.2) is 24.3 Å². The minimum atomic E-state index is 0.192. The fraction of sp³-hybridized carbons (Fsp3) is 0.526. The predicted octanol–water partition coefficient (Wildman–Crippen LogP) is 2.28. The van der Waals surface area contributed by atoms with Crippen molar-refractivity contribution in [3.05, 3.63) is 46.5 Å². The summed E-state index contributed by atoms with van der Waals surface area (Å²) in [5.41, 5.74) is 1.00. The Bertz CT molecular complexity index is 789. The topological polar surface area (TPSA) is 60.3 Å². The standard InChI is InChI=1S/C19H23ClN4O2/c1-26-9-8-17-21-22-18-11-15-6-7-16(12-23(17)18)24(15)19(25)10-13-2-4-14(20)5-3-13/h2-5,15-16H,6-12H2,1H3. The molecule has 2 unspecified atom stereocenters. The highest BCUT2D eigenvalue weighted by Gasteiger charge is 2.40. The second-order valence-electron chi connectivity index (χ2n) is 7.08. The summed E-state index contributed by atoms with van der Waals surface area (Å²) < 4.78 is 7.38. The smallest absolute Gasteiger partial charge is 0.227 e. The van der Waals surface area contributed by atoms with E-state index in [2.05, 4.69) is 19.7 Å². The van der Waals surface area contributed by atoms with Crippen LogP contribution in [0.25, 0.3) is 0 Å². The van der Waals surface area contributed by atoms with Crippen LogP contribution in [0.4, 0.5) is 0 Å². The first-order valence-corrected chi connectivity index (χ1v) is 9.49. The fourth-order valence-electron chi connectivity index (χ4n) is 4.15. The number of carbonyl (C=O) groups is 1. The van der Waals surface area contributed by atoms with Gasteiger partial charge >= 0.3 is 0 Å². The van der Waals surface area contributed by atoms with Crippen LogP contribution in [0.1, 0.15) is 30.1 Å². The van der Waals surface area contributed by atoms with Gasteiger partial charge in [0.2, 0.25) is 5.91 Å². The number of nitrogens with zero attached hydrogens (tertiary/aromatic N) is 4. The highest BCUT2D eigenvalue weighted by atomic mass is 35.5. The van der Waals surface area contributed by atoms with Gasteiger partial charge in [-0.25, -0.2) is 0 Å². The number of carbonyl (C=O) groups excluding carboxylic acids is 1. The maximum absolute atomic E-state index is 13.0. The number of halogens is 1. The van der Waals surface area contributed by atoms with Crippen molar-refractivity contribution in [2.75, 3.05) is 13.7 Å². The van der Waals surface area contributed by atoms with Gasteiger partial charge < -0.3 is 14.2 Å². The molecule has 3 heterocycles. The Morgan fingerprint density at radius 1 is 1.23 bits per heavy atom. The molecule has 138 valence electrons. The van der Waals surface area contributed by atoms with E-state index in [4.69, 9.17) is 16.3 Å². The van der Waals surface area contributed by atoms with Crippen LogP contribution in [0.2, 0.25) is 5.02 Å². The highest BCUT2D eigenvalue weighted by molar-refractivity contribution is 6.30. The first-order valence-electron chi connectivity index (χ1n) is 9.11. The SMILES string of the molecule is COCCc1nnc2n1CC1CCC(C2)N1C(=O)Cc1ccc(Cl)cc1. The van der Waals surface area contributed by atoms with E-state index in [1.807, 2.05) is 24.3 Å². The van der Waals surface area contributed by atoms with Crippen molar-refractivity contribution in [1.29, 1.82) is 0 Å². The van der Waals surface area contributed by atoms with Gasteiger partial charge in [-0.05, 0) is 30.5 Å². The number of ether oxygens (including phenoxy) is 1. The lowest BCUT2D eigenvalue weighted by Gasteiger charge is -2.28. The van der Waals surface area contributed by atoms with E-state index in [1.165, 1.54) is 0 Å². The van der Waals surface area contributed by atoms with Gasteiger partial charge in [-0.1, -0.05) is 23.7 Å². The molecule has 2 bridgehead atoms. The minimum Gasteiger partial charge on any atom is -0.384 e. The van der Waals surface area contributed by atoms with Crippen LogP contribution < -0.4 is 0 Å². The number of hydrogen-bond donors (Lipinski definition) is 0. The van der Waals surface area contributed by atoms with Crippen molar-refractivity contribution < 1.29 is 9.53 Å². The fourth-order valence-corrected chi connectivity index (χ4v) is 4.28. The van der Waals surface area contributed by atoms with Gasteiger partial charge in [-0.2, -0.15) is 0 Å². The molecule has 2 aliphatic heterocycles. The molecule has 6 nitrogen and oxygen atoms in total. The number of benzene rings is 1. The molecule has 0 radical (unpaired) electrons. The van der Waals surface area contributed by atoms with Crippen molar-refractivity contribution in [2.45, 2.75) is 50.7 Å². The Morgan fingerprint density at radius 3 is 2.77 bits per heavy atom. The van der Waals surface area contributed by atoms with Gasteiger partial charge in [0.15, 0.2) is 0 Å². The average molecular weight is 375 g/mol. The number of amides is 1. The van der Waals surface area contributed by atoms with E-state index in [0.717, 1.165) is 49.4 Å². The Labute approximate surface area is 158 Å². The van der Waals surface area contributed by atoms with Crippen LogP contribution in [-0.2, 0) is 35.3 Å². The number of fused-ring (bicyclic) bond motifs is 3. The molecule has 0 saturated carbocycles. The summed E-state index contributed by atoms with van der Waals surface area (Å²) in [5, 5.41) is 9.41. The lowest BCUT2D eigenvalue weighted by atomic mass is 10.1. The molecule has 1 aromatic carbocycles. The molecule has 1 aromatic heterocycles. The molecule has 2 atom stereocenters. The molecule has 1 amide bonds.